The van der Waals surface area contributed by atoms with E-state index in [4.69, 9.17) is 38.1 Å². The standard InChI is InChI=1S/C31H52N4O14/c1-3-42-23-32-13-5-15-44-19-31(20-45-16-6-14-33-24-43-4-2,21-46-17-11-29(40)48-34-25(36)7-8-26(34)37)22-47-18-12-30(41)49-35-27(38)9-10-28(35)39/h32-33H,3-24H2,1-2H3. The van der Waals surface area contributed by atoms with Crippen molar-refractivity contribution in [3.8, 4) is 0 Å². The van der Waals surface area contributed by atoms with Gasteiger partial charge in [-0.1, -0.05) is 0 Å². The number of imide groups is 2. The molecule has 18 nitrogen and oxygen atoms in total. The molecule has 2 fully saturated rings. The Kier molecular flexibility index (Phi) is 21.4. The van der Waals surface area contributed by atoms with E-state index in [2.05, 4.69) is 10.6 Å². The highest BCUT2D eigenvalue weighted by molar-refractivity contribution is 6.02. The van der Waals surface area contributed by atoms with E-state index in [1.54, 1.807) is 0 Å². The number of nitrogens with one attached hydrogen (secondary N) is 2. The van der Waals surface area contributed by atoms with Crippen LogP contribution in [-0.2, 0) is 66.9 Å². The van der Waals surface area contributed by atoms with E-state index < -0.39 is 41.0 Å². The van der Waals surface area contributed by atoms with Gasteiger partial charge in [0, 0.05) is 52.1 Å². The Morgan fingerprint density at radius 1 is 0.571 bits per heavy atom. The zero-order chi connectivity index (χ0) is 35.7. The number of ether oxygens (including phenoxy) is 6. The van der Waals surface area contributed by atoms with Crippen LogP contribution in [0.15, 0.2) is 0 Å². The molecule has 2 aliphatic heterocycles. The van der Waals surface area contributed by atoms with Crippen LogP contribution in [0.25, 0.3) is 0 Å². The Morgan fingerprint density at radius 2 is 0.918 bits per heavy atom. The monoisotopic (exact) mass is 704 g/mol. The van der Waals surface area contributed by atoms with Gasteiger partial charge in [-0.2, -0.15) is 0 Å². The second kappa shape index (κ2) is 24.9. The zero-order valence-electron chi connectivity index (χ0n) is 28.7. The molecule has 4 amide bonds. The first-order chi connectivity index (χ1) is 23.7. The smallest absolute Gasteiger partial charge is 0.335 e. The number of hydrogen-bond acceptors (Lipinski definition) is 16. The molecule has 2 rings (SSSR count). The first-order valence-corrected chi connectivity index (χ1v) is 16.7. The van der Waals surface area contributed by atoms with Gasteiger partial charge >= 0.3 is 11.9 Å². The lowest BCUT2D eigenvalue weighted by Crippen LogP contribution is -2.42. The summed E-state index contributed by atoms with van der Waals surface area (Å²) in [5.74, 6) is -3.90. The first kappa shape index (κ1) is 42.1. The Bertz CT molecular complexity index is 934. The molecule has 0 aromatic rings. The van der Waals surface area contributed by atoms with Crippen LogP contribution in [-0.4, -0.2) is 138 Å². The number of amides is 4. The summed E-state index contributed by atoms with van der Waals surface area (Å²) < 4.78 is 34.3. The van der Waals surface area contributed by atoms with Crippen molar-refractivity contribution in [2.75, 3.05) is 92.6 Å². The molecular weight excluding hydrogens is 652 g/mol. The second-order valence-electron chi connectivity index (χ2n) is 11.3. The quantitative estimate of drug-likeness (QED) is 0.0572. The van der Waals surface area contributed by atoms with Crippen molar-refractivity contribution in [1.29, 1.82) is 0 Å². The van der Waals surface area contributed by atoms with Crippen molar-refractivity contribution >= 4 is 35.6 Å². The molecule has 0 saturated carbocycles. The van der Waals surface area contributed by atoms with E-state index >= 15 is 0 Å². The summed E-state index contributed by atoms with van der Waals surface area (Å²) in [5, 5.41) is 7.26. The number of rotatable bonds is 30. The van der Waals surface area contributed by atoms with Crippen LogP contribution in [0, 0.1) is 5.41 Å². The summed E-state index contributed by atoms with van der Waals surface area (Å²) in [6.07, 6.45) is 0.878. The largest absolute Gasteiger partial charge is 0.381 e. The Labute approximate surface area is 286 Å². The fourth-order valence-corrected chi connectivity index (χ4v) is 4.42. The number of nitrogens with zero attached hydrogens (tertiary/aromatic N) is 2. The van der Waals surface area contributed by atoms with Gasteiger partial charge in [0.15, 0.2) is 0 Å². The molecule has 18 heteroatoms. The summed E-state index contributed by atoms with van der Waals surface area (Å²) in [5.41, 5.74) is -0.882. The summed E-state index contributed by atoms with van der Waals surface area (Å²) >= 11 is 0. The minimum absolute atomic E-state index is 0.0114. The third kappa shape index (κ3) is 17.4. The summed E-state index contributed by atoms with van der Waals surface area (Å²) in [6.45, 7) is 8.16. The lowest BCUT2D eigenvalue weighted by Gasteiger charge is -2.33. The van der Waals surface area contributed by atoms with Crippen LogP contribution in [0.2, 0.25) is 0 Å². The second-order valence-corrected chi connectivity index (χ2v) is 11.3. The minimum Gasteiger partial charge on any atom is -0.381 e. The normalized spacial score (nSPS) is 15.1. The summed E-state index contributed by atoms with van der Waals surface area (Å²) in [7, 11) is 0. The molecule has 0 aromatic carbocycles. The van der Waals surface area contributed by atoms with E-state index in [9.17, 15) is 28.8 Å². The molecule has 0 aliphatic carbocycles. The minimum atomic E-state index is -0.882. The van der Waals surface area contributed by atoms with Crippen molar-refractivity contribution < 1.29 is 66.9 Å². The lowest BCUT2D eigenvalue weighted by molar-refractivity contribution is -0.198. The average molecular weight is 705 g/mol. The third-order valence-corrected chi connectivity index (χ3v) is 7.03. The van der Waals surface area contributed by atoms with Crippen molar-refractivity contribution in [3.05, 3.63) is 0 Å². The van der Waals surface area contributed by atoms with E-state index in [1.165, 1.54) is 0 Å². The first-order valence-electron chi connectivity index (χ1n) is 16.7. The highest BCUT2D eigenvalue weighted by atomic mass is 16.7. The molecule has 0 radical (unpaired) electrons. The number of hydroxylamine groups is 4. The molecule has 2 N–H and O–H groups in total. The summed E-state index contributed by atoms with van der Waals surface area (Å²) in [6, 6.07) is 0. The van der Waals surface area contributed by atoms with E-state index in [0.29, 0.717) is 75.9 Å². The maximum atomic E-state index is 12.3. The van der Waals surface area contributed by atoms with E-state index in [1.807, 2.05) is 13.8 Å². The summed E-state index contributed by atoms with van der Waals surface area (Å²) in [4.78, 5) is 81.4. The predicted molar refractivity (Wildman–Crippen MR) is 168 cm³/mol. The average Bonchev–Trinajstić information content (AvgIpc) is 3.57. The molecular formula is C31H52N4O14. The predicted octanol–water partition coefficient (Wildman–Crippen LogP) is -0.0188. The number of carbonyl (C=O) groups is 6. The molecule has 0 atom stereocenters. The Hall–Kier alpha value is -3.10. The topological polar surface area (TPSA) is 207 Å². The van der Waals surface area contributed by atoms with Crippen molar-refractivity contribution in [3.63, 3.8) is 0 Å². The Balaban J connectivity index is 1.96. The van der Waals surface area contributed by atoms with Crippen LogP contribution < -0.4 is 10.6 Å². The number of carbonyl (C=O) groups excluding carboxylic acids is 6. The third-order valence-electron chi connectivity index (χ3n) is 7.03. The van der Waals surface area contributed by atoms with Crippen LogP contribution >= 0.6 is 0 Å². The molecule has 0 spiro atoms. The van der Waals surface area contributed by atoms with Crippen molar-refractivity contribution in [1.82, 2.24) is 20.8 Å². The molecule has 280 valence electrons. The van der Waals surface area contributed by atoms with Gasteiger partial charge in [-0.25, -0.2) is 9.59 Å². The SMILES string of the molecule is CCOCNCCCOCC(COCCCNCOCC)(COCCC(=O)ON1C(=O)CCC1=O)COCCC(=O)ON1C(=O)CCC1=O. The van der Waals surface area contributed by atoms with E-state index in [0.717, 1.165) is 0 Å². The molecule has 0 bridgehead atoms. The van der Waals surface area contributed by atoms with Gasteiger partial charge in [-0.3, -0.25) is 29.8 Å². The zero-order valence-corrected chi connectivity index (χ0v) is 28.7. The molecule has 0 unspecified atom stereocenters. The molecule has 2 saturated heterocycles. The van der Waals surface area contributed by atoms with Gasteiger partial charge < -0.3 is 38.1 Å². The van der Waals surface area contributed by atoms with Crippen LogP contribution in [0.3, 0.4) is 0 Å². The number of hydrogen-bond donors (Lipinski definition) is 2. The molecule has 49 heavy (non-hydrogen) atoms. The van der Waals surface area contributed by atoms with Crippen LogP contribution in [0.4, 0.5) is 0 Å². The van der Waals surface area contributed by atoms with Gasteiger partial charge in [-0.05, 0) is 39.8 Å². The molecule has 2 heterocycles. The van der Waals surface area contributed by atoms with Gasteiger partial charge in [-0.15, -0.1) is 10.1 Å². The highest BCUT2D eigenvalue weighted by Crippen LogP contribution is 2.22. The van der Waals surface area contributed by atoms with Crippen LogP contribution in [0.1, 0.15) is 65.2 Å². The lowest BCUT2D eigenvalue weighted by atomic mass is 9.92. The van der Waals surface area contributed by atoms with Gasteiger partial charge in [0.05, 0.1) is 71.4 Å². The fraction of sp³-hybridized carbons (Fsp3) is 0.806. The van der Waals surface area contributed by atoms with Gasteiger partial charge in [0.1, 0.15) is 0 Å². The van der Waals surface area contributed by atoms with Crippen molar-refractivity contribution in [2.45, 2.75) is 65.2 Å². The fourth-order valence-electron chi connectivity index (χ4n) is 4.42. The maximum Gasteiger partial charge on any atom is 0.335 e. The maximum absolute atomic E-state index is 12.3. The molecule has 0 aromatic heterocycles. The molecule has 2 aliphatic rings. The van der Waals surface area contributed by atoms with Crippen LogP contribution in [0.5, 0.6) is 0 Å². The van der Waals surface area contributed by atoms with Gasteiger partial charge in [0.25, 0.3) is 23.6 Å². The van der Waals surface area contributed by atoms with E-state index in [-0.39, 0.29) is 78.2 Å². The van der Waals surface area contributed by atoms with Gasteiger partial charge in [0.2, 0.25) is 0 Å². The Morgan fingerprint density at radius 3 is 1.27 bits per heavy atom. The van der Waals surface area contributed by atoms with Crippen molar-refractivity contribution in [2.24, 2.45) is 5.41 Å². The highest BCUT2D eigenvalue weighted by Gasteiger charge is 2.35.